The van der Waals surface area contributed by atoms with Gasteiger partial charge in [-0.25, -0.2) is 4.98 Å². The molecule has 2 aromatic heterocycles. The van der Waals surface area contributed by atoms with E-state index >= 15 is 0 Å². The number of hydrogen-bond acceptors (Lipinski definition) is 6. The van der Waals surface area contributed by atoms with Gasteiger partial charge in [0.25, 0.3) is 5.56 Å². The predicted molar refractivity (Wildman–Crippen MR) is 99.2 cm³/mol. The minimum absolute atomic E-state index is 0.0614. The van der Waals surface area contributed by atoms with Crippen LogP contribution in [0.2, 0.25) is 0 Å². The van der Waals surface area contributed by atoms with Crippen molar-refractivity contribution in [1.29, 1.82) is 0 Å². The highest BCUT2D eigenvalue weighted by Crippen LogP contribution is 2.29. The number of thioether (sulfide) groups is 1. The number of hydrogen-bond donors (Lipinski definition) is 1. The molecule has 0 saturated carbocycles. The van der Waals surface area contributed by atoms with Crippen LogP contribution in [0.1, 0.15) is 24.3 Å². The van der Waals surface area contributed by atoms with E-state index in [1.807, 2.05) is 27.7 Å². The van der Waals surface area contributed by atoms with Crippen LogP contribution in [0.4, 0.5) is 0 Å². The number of rotatable bonds is 7. The smallest absolute Gasteiger partial charge is 0.263 e. The number of nitrogens with zero attached hydrogens (tertiary/aromatic N) is 2. The quantitative estimate of drug-likeness (QED) is 0.599. The van der Waals surface area contributed by atoms with Crippen LogP contribution in [0, 0.1) is 13.8 Å². The number of nitrogens with one attached hydrogen (secondary N) is 1. The van der Waals surface area contributed by atoms with Gasteiger partial charge in [-0.1, -0.05) is 11.8 Å². The lowest BCUT2D eigenvalue weighted by molar-refractivity contribution is -0.120. The summed E-state index contributed by atoms with van der Waals surface area (Å²) in [5.41, 5.74) is 0.913. The van der Waals surface area contributed by atoms with Crippen molar-refractivity contribution in [2.45, 2.75) is 44.6 Å². The Balaban J connectivity index is 2.50. The Kier molecular flexibility index (Phi) is 6.42. The molecule has 6 nitrogen and oxygen atoms in total. The predicted octanol–water partition coefficient (Wildman–Crippen LogP) is 2.34. The van der Waals surface area contributed by atoms with Gasteiger partial charge >= 0.3 is 0 Å². The molecule has 0 unspecified atom stereocenters. The lowest BCUT2D eigenvalue weighted by atomic mass is 10.2. The van der Waals surface area contributed by atoms with Crippen LogP contribution in [0.3, 0.4) is 0 Å². The molecule has 0 bridgehead atoms. The Morgan fingerprint density at radius 1 is 1.46 bits per heavy atom. The summed E-state index contributed by atoms with van der Waals surface area (Å²) >= 11 is 2.82. The van der Waals surface area contributed by atoms with Crippen LogP contribution in [0.25, 0.3) is 10.2 Å². The topological polar surface area (TPSA) is 73.2 Å². The normalized spacial score (nSPS) is 12.5. The van der Waals surface area contributed by atoms with Crippen LogP contribution >= 0.6 is 23.1 Å². The van der Waals surface area contributed by atoms with Crippen molar-refractivity contribution in [2.24, 2.45) is 0 Å². The fourth-order valence-corrected chi connectivity index (χ4v) is 4.34. The molecule has 1 amide bonds. The van der Waals surface area contributed by atoms with Gasteiger partial charge < -0.3 is 10.1 Å². The third-order valence-corrected chi connectivity index (χ3v) is 5.97. The first-order chi connectivity index (χ1) is 11.4. The lowest BCUT2D eigenvalue weighted by Gasteiger charge is -2.15. The van der Waals surface area contributed by atoms with E-state index in [1.54, 1.807) is 11.7 Å². The highest BCUT2D eigenvalue weighted by atomic mass is 32.2. The molecule has 132 valence electrons. The molecule has 0 saturated heterocycles. The van der Waals surface area contributed by atoms with Crippen molar-refractivity contribution in [1.82, 2.24) is 14.9 Å². The Morgan fingerprint density at radius 2 is 2.17 bits per heavy atom. The zero-order valence-corrected chi connectivity index (χ0v) is 16.3. The van der Waals surface area contributed by atoms with E-state index < -0.39 is 0 Å². The van der Waals surface area contributed by atoms with E-state index in [9.17, 15) is 9.59 Å². The zero-order valence-electron chi connectivity index (χ0n) is 14.6. The average molecular weight is 370 g/mol. The minimum atomic E-state index is -0.328. The van der Waals surface area contributed by atoms with Gasteiger partial charge in [-0.05, 0) is 33.3 Å². The van der Waals surface area contributed by atoms with Crippen LogP contribution in [0.5, 0.6) is 0 Å². The van der Waals surface area contributed by atoms with E-state index in [0.717, 1.165) is 15.3 Å². The van der Waals surface area contributed by atoms with Crippen molar-refractivity contribution >= 4 is 39.2 Å². The number of aryl methyl sites for hydroxylation is 2. The number of aromatic nitrogens is 2. The third kappa shape index (κ3) is 3.81. The summed E-state index contributed by atoms with van der Waals surface area (Å²) in [5, 5.41) is 3.70. The fraction of sp³-hybridized carbons (Fsp3) is 0.562. The maximum absolute atomic E-state index is 12.9. The first kappa shape index (κ1) is 19.0. The van der Waals surface area contributed by atoms with Gasteiger partial charge in [-0.2, -0.15) is 0 Å². The SMILES string of the molecule is CCNC(=O)[C@H](C)Sc1nc2sc(C)c(C)c2c(=O)n1CCOC. The molecule has 2 rings (SSSR count). The number of thiophene rings is 1. The first-order valence-corrected chi connectivity index (χ1v) is 9.54. The van der Waals surface area contributed by atoms with E-state index in [4.69, 9.17) is 4.74 Å². The number of ether oxygens (including phenoxy) is 1. The monoisotopic (exact) mass is 369 g/mol. The Bertz CT molecular complexity index is 798. The first-order valence-electron chi connectivity index (χ1n) is 7.84. The Hall–Kier alpha value is -1.38. The van der Waals surface area contributed by atoms with Gasteiger partial charge in [0.2, 0.25) is 5.91 Å². The molecule has 0 aliphatic rings. The molecule has 1 atom stereocenters. The van der Waals surface area contributed by atoms with Gasteiger partial charge in [0, 0.05) is 18.5 Å². The van der Waals surface area contributed by atoms with Gasteiger partial charge in [0.05, 0.1) is 23.8 Å². The summed E-state index contributed by atoms with van der Waals surface area (Å²) < 4.78 is 6.74. The molecular formula is C16H23N3O3S2. The van der Waals surface area contributed by atoms with E-state index in [0.29, 0.717) is 30.2 Å². The van der Waals surface area contributed by atoms with Crippen LogP contribution in [-0.2, 0) is 16.1 Å². The number of amides is 1. The maximum atomic E-state index is 12.9. The number of carbonyl (C=O) groups is 1. The average Bonchev–Trinajstić information content (AvgIpc) is 2.82. The summed E-state index contributed by atoms with van der Waals surface area (Å²) in [7, 11) is 1.60. The molecule has 0 spiro atoms. The molecule has 1 N–H and O–H groups in total. The van der Waals surface area contributed by atoms with Crippen molar-refractivity contribution < 1.29 is 9.53 Å². The second-order valence-electron chi connectivity index (χ2n) is 5.46. The fourth-order valence-electron chi connectivity index (χ4n) is 2.31. The maximum Gasteiger partial charge on any atom is 0.263 e. The molecule has 2 aromatic rings. The van der Waals surface area contributed by atoms with Crippen LogP contribution in [0.15, 0.2) is 9.95 Å². The second-order valence-corrected chi connectivity index (χ2v) is 7.97. The van der Waals surface area contributed by atoms with Crippen molar-refractivity contribution in [3.05, 3.63) is 20.8 Å². The highest BCUT2D eigenvalue weighted by Gasteiger charge is 2.21. The molecule has 2 heterocycles. The molecule has 24 heavy (non-hydrogen) atoms. The van der Waals surface area contributed by atoms with E-state index in [-0.39, 0.29) is 16.7 Å². The minimum Gasteiger partial charge on any atom is -0.383 e. The van der Waals surface area contributed by atoms with Crippen molar-refractivity contribution in [2.75, 3.05) is 20.3 Å². The van der Waals surface area contributed by atoms with Gasteiger partial charge in [0.15, 0.2) is 5.16 Å². The molecule has 0 aromatic carbocycles. The van der Waals surface area contributed by atoms with Crippen LogP contribution in [-0.4, -0.2) is 41.0 Å². The molecule has 0 aliphatic carbocycles. The highest BCUT2D eigenvalue weighted by molar-refractivity contribution is 8.00. The lowest BCUT2D eigenvalue weighted by Crippen LogP contribution is -2.32. The molecule has 8 heteroatoms. The summed E-state index contributed by atoms with van der Waals surface area (Å²) in [6, 6.07) is 0. The van der Waals surface area contributed by atoms with E-state index in [1.165, 1.54) is 23.1 Å². The second kappa shape index (κ2) is 8.13. The molecule has 0 fully saturated rings. The molecular weight excluding hydrogens is 346 g/mol. The summed E-state index contributed by atoms with van der Waals surface area (Å²) in [5.74, 6) is -0.0614. The van der Waals surface area contributed by atoms with Crippen molar-refractivity contribution in [3.63, 3.8) is 0 Å². The van der Waals surface area contributed by atoms with Gasteiger partial charge in [-0.15, -0.1) is 11.3 Å². The Morgan fingerprint density at radius 3 is 2.79 bits per heavy atom. The Labute approximate surface area is 149 Å². The van der Waals surface area contributed by atoms with Gasteiger partial charge in [-0.3, -0.25) is 14.2 Å². The number of carbonyl (C=O) groups excluding carboxylic acids is 1. The van der Waals surface area contributed by atoms with Gasteiger partial charge in [0.1, 0.15) is 4.83 Å². The molecule has 0 aliphatic heterocycles. The number of fused-ring (bicyclic) bond motifs is 1. The van der Waals surface area contributed by atoms with Crippen LogP contribution < -0.4 is 10.9 Å². The molecule has 0 radical (unpaired) electrons. The number of methoxy groups -OCH3 is 1. The summed E-state index contributed by atoms with van der Waals surface area (Å²) in [4.78, 5) is 31.4. The third-order valence-electron chi connectivity index (χ3n) is 3.78. The zero-order chi connectivity index (χ0) is 17.9. The van der Waals surface area contributed by atoms with E-state index in [2.05, 4.69) is 10.3 Å². The standard InChI is InChI=1S/C16H23N3O3S2/c1-6-17-13(20)11(4)24-16-18-14-12(9(2)10(3)23-14)15(21)19(16)7-8-22-5/h11H,6-8H2,1-5H3,(H,17,20)/t11-/m0/s1. The summed E-state index contributed by atoms with van der Waals surface area (Å²) in [6.07, 6.45) is 0. The summed E-state index contributed by atoms with van der Waals surface area (Å²) in [6.45, 7) is 9.04. The largest absolute Gasteiger partial charge is 0.383 e. The van der Waals surface area contributed by atoms with Crippen molar-refractivity contribution in [3.8, 4) is 0 Å².